The summed E-state index contributed by atoms with van der Waals surface area (Å²) in [6, 6.07) is 16.1. The normalized spacial score (nSPS) is 15.3. The molecule has 8 heteroatoms. The number of rotatable bonds is 4. The van der Waals surface area contributed by atoms with Gasteiger partial charge in [-0.15, -0.1) is 0 Å². The number of nitrogens with zero attached hydrogens (tertiary/aromatic N) is 1. The number of phenols is 1. The van der Waals surface area contributed by atoms with Gasteiger partial charge in [0.05, 0.1) is 11.5 Å². The van der Waals surface area contributed by atoms with Crippen molar-refractivity contribution in [1.82, 2.24) is 9.97 Å². The Labute approximate surface area is 178 Å². The minimum atomic E-state index is -0.538. The summed E-state index contributed by atoms with van der Waals surface area (Å²) in [5, 5.41) is 12.8. The number of allylic oxidation sites excluding steroid dienone is 1. The molecule has 0 fully saturated rings. The summed E-state index contributed by atoms with van der Waals surface area (Å²) in [5.41, 5.74) is 9.53. The lowest BCUT2D eigenvalue weighted by molar-refractivity contribution is -0.140. The summed E-state index contributed by atoms with van der Waals surface area (Å²) in [5.74, 6) is -0.0675. The van der Waals surface area contributed by atoms with Crippen molar-refractivity contribution >= 4 is 29.8 Å². The van der Waals surface area contributed by atoms with Crippen molar-refractivity contribution in [1.29, 1.82) is 0 Å². The topological polar surface area (TPSA) is 113 Å². The maximum absolute atomic E-state index is 13.2. The van der Waals surface area contributed by atoms with E-state index in [9.17, 15) is 9.90 Å². The molecule has 152 valence electrons. The largest absolute Gasteiger partial charge is 0.508 e. The molecule has 5 N–H and O–H groups in total. The molecular formula is C22H20N4O3S. The highest BCUT2D eigenvalue weighted by Gasteiger charge is 2.35. The van der Waals surface area contributed by atoms with Gasteiger partial charge in [-0.25, -0.2) is 9.78 Å². The molecule has 0 bridgehead atoms. The second-order valence-electron chi connectivity index (χ2n) is 6.97. The van der Waals surface area contributed by atoms with Gasteiger partial charge in [0, 0.05) is 11.3 Å². The van der Waals surface area contributed by atoms with Crippen molar-refractivity contribution < 1.29 is 14.6 Å². The Morgan fingerprint density at radius 2 is 1.90 bits per heavy atom. The highest BCUT2D eigenvalue weighted by atomic mass is 32.1. The van der Waals surface area contributed by atoms with Crippen LogP contribution in [0.2, 0.25) is 0 Å². The van der Waals surface area contributed by atoms with Crippen molar-refractivity contribution in [2.45, 2.75) is 19.4 Å². The number of nitrogen functional groups attached to an aromatic ring is 1. The van der Waals surface area contributed by atoms with E-state index in [-0.39, 0.29) is 17.1 Å². The van der Waals surface area contributed by atoms with Crippen molar-refractivity contribution in [3.63, 3.8) is 0 Å². The van der Waals surface area contributed by atoms with E-state index < -0.39 is 11.9 Å². The summed E-state index contributed by atoms with van der Waals surface area (Å²) in [6.45, 7) is 1.93. The molecule has 1 aliphatic rings. The lowest BCUT2D eigenvalue weighted by Gasteiger charge is -2.30. The molecule has 0 aliphatic carbocycles. The number of hydrogen-bond donors (Lipinski definition) is 4. The zero-order chi connectivity index (χ0) is 21.3. The molecule has 7 nitrogen and oxygen atoms in total. The van der Waals surface area contributed by atoms with Gasteiger partial charge in [-0.3, -0.25) is 0 Å². The highest BCUT2D eigenvalue weighted by Crippen LogP contribution is 2.43. The number of nitrogens with one attached hydrogen (secondary N) is 2. The fourth-order valence-electron chi connectivity index (χ4n) is 3.57. The average Bonchev–Trinajstić information content (AvgIpc) is 2.72. The Morgan fingerprint density at radius 1 is 1.20 bits per heavy atom. The van der Waals surface area contributed by atoms with Crippen LogP contribution in [-0.2, 0) is 16.1 Å². The van der Waals surface area contributed by atoms with Crippen LogP contribution in [0, 0.1) is 4.77 Å². The van der Waals surface area contributed by atoms with E-state index in [2.05, 4.69) is 15.3 Å². The van der Waals surface area contributed by atoms with E-state index in [0.717, 1.165) is 11.1 Å². The predicted octanol–water partition coefficient (Wildman–Crippen LogP) is 4.00. The van der Waals surface area contributed by atoms with E-state index in [4.69, 9.17) is 22.7 Å². The van der Waals surface area contributed by atoms with Crippen LogP contribution in [0.3, 0.4) is 0 Å². The first-order chi connectivity index (χ1) is 14.4. The number of benzene rings is 2. The Balaban J connectivity index is 1.77. The Bertz CT molecular complexity index is 1190. The second-order valence-corrected chi connectivity index (χ2v) is 7.35. The molecule has 0 saturated heterocycles. The third-order valence-electron chi connectivity index (χ3n) is 4.95. The minimum absolute atomic E-state index is 0.125. The van der Waals surface area contributed by atoms with Crippen LogP contribution >= 0.6 is 12.2 Å². The molecule has 4 rings (SSSR count). The van der Waals surface area contributed by atoms with Crippen LogP contribution in [0.25, 0.3) is 0 Å². The fourth-order valence-corrected chi connectivity index (χ4v) is 3.77. The minimum Gasteiger partial charge on any atom is -0.508 e. The smallest absolute Gasteiger partial charge is 0.337 e. The second kappa shape index (κ2) is 8.00. The fraction of sp³-hybridized carbons (Fsp3) is 0.136. The molecule has 0 amide bonds. The number of aromatic amines is 1. The summed E-state index contributed by atoms with van der Waals surface area (Å²) in [7, 11) is 0. The van der Waals surface area contributed by atoms with Crippen LogP contribution in [0.15, 0.2) is 65.9 Å². The van der Waals surface area contributed by atoms with Crippen molar-refractivity contribution in [3.8, 4) is 5.75 Å². The lowest BCUT2D eigenvalue weighted by atomic mass is 9.82. The molecule has 2 aromatic carbocycles. The van der Waals surface area contributed by atoms with E-state index in [1.807, 2.05) is 30.3 Å². The number of anilines is 2. The van der Waals surface area contributed by atoms with Crippen molar-refractivity contribution in [2.75, 3.05) is 11.1 Å². The van der Waals surface area contributed by atoms with Gasteiger partial charge in [-0.05, 0) is 42.4 Å². The Hall–Kier alpha value is -3.65. The SMILES string of the molecule is CC1=C(C(=O)OCc2ccccc2)C(c2ccc(O)cc2)c2c(nc(=S)[nH]c2N)N1. The molecule has 1 aliphatic heterocycles. The number of hydrogen-bond acceptors (Lipinski definition) is 7. The van der Waals surface area contributed by atoms with Gasteiger partial charge < -0.3 is 25.9 Å². The molecule has 1 unspecified atom stereocenters. The number of phenolic OH excluding ortho intramolecular Hbond substituents is 1. The van der Waals surface area contributed by atoms with E-state index in [1.54, 1.807) is 31.2 Å². The zero-order valence-electron chi connectivity index (χ0n) is 16.2. The monoisotopic (exact) mass is 420 g/mol. The van der Waals surface area contributed by atoms with E-state index >= 15 is 0 Å². The highest BCUT2D eigenvalue weighted by molar-refractivity contribution is 7.71. The summed E-state index contributed by atoms with van der Waals surface area (Å²) >= 11 is 5.15. The van der Waals surface area contributed by atoms with Gasteiger partial charge in [-0.1, -0.05) is 42.5 Å². The summed E-state index contributed by atoms with van der Waals surface area (Å²) < 4.78 is 5.86. The number of ether oxygens (including phenoxy) is 1. The molecule has 0 radical (unpaired) electrons. The quantitative estimate of drug-likeness (QED) is 0.373. The van der Waals surface area contributed by atoms with Crippen LogP contribution in [-0.4, -0.2) is 21.0 Å². The summed E-state index contributed by atoms with van der Waals surface area (Å²) in [4.78, 5) is 20.4. The Morgan fingerprint density at radius 3 is 2.60 bits per heavy atom. The van der Waals surface area contributed by atoms with Gasteiger partial charge in [0.2, 0.25) is 0 Å². The molecule has 1 aromatic heterocycles. The standard InChI is InChI=1S/C22H20N4O3S/c1-12-16(21(28)29-11-13-5-3-2-4-6-13)17(14-7-9-15(27)10-8-14)18-19(23)25-22(30)26-20(18)24-12/h2-10,17,27H,11H2,1H3,(H4,23,24,25,26,30). The van der Waals surface area contributed by atoms with Crippen molar-refractivity contribution in [3.05, 3.63) is 87.3 Å². The average molecular weight is 420 g/mol. The molecule has 30 heavy (non-hydrogen) atoms. The van der Waals surface area contributed by atoms with Crippen LogP contribution in [0.1, 0.15) is 29.5 Å². The van der Waals surface area contributed by atoms with Crippen LogP contribution < -0.4 is 11.1 Å². The third kappa shape index (κ3) is 3.77. The maximum atomic E-state index is 13.2. The van der Waals surface area contributed by atoms with Gasteiger partial charge >= 0.3 is 5.97 Å². The van der Waals surface area contributed by atoms with E-state index in [1.165, 1.54) is 0 Å². The molecule has 2 heterocycles. The summed E-state index contributed by atoms with van der Waals surface area (Å²) in [6.07, 6.45) is 0. The Kier molecular flexibility index (Phi) is 5.24. The van der Waals surface area contributed by atoms with Crippen LogP contribution in [0.5, 0.6) is 5.75 Å². The number of aromatic nitrogens is 2. The number of carbonyl (C=O) groups excluding carboxylic acids is 1. The number of nitrogens with two attached hydrogens (primary N) is 1. The number of H-pyrrole nitrogens is 1. The van der Waals surface area contributed by atoms with Gasteiger partial charge in [0.1, 0.15) is 24.0 Å². The van der Waals surface area contributed by atoms with Gasteiger partial charge in [0.25, 0.3) is 0 Å². The first-order valence-corrected chi connectivity index (χ1v) is 9.72. The molecule has 0 saturated carbocycles. The van der Waals surface area contributed by atoms with Gasteiger partial charge in [0.15, 0.2) is 4.77 Å². The molecule has 3 aromatic rings. The molecule has 1 atom stereocenters. The van der Waals surface area contributed by atoms with Gasteiger partial charge in [-0.2, -0.15) is 0 Å². The first kappa shape index (κ1) is 19.7. The number of esters is 1. The third-order valence-corrected chi connectivity index (χ3v) is 5.14. The predicted molar refractivity (Wildman–Crippen MR) is 116 cm³/mol. The lowest BCUT2D eigenvalue weighted by Crippen LogP contribution is -2.26. The maximum Gasteiger partial charge on any atom is 0.337 e. The number of fused-ring (bicyclic) bond motifs is 1. The zero-order valence-corrected chi connectivity index (χ0v) is 17.0. The molecule has 0 spiro atoms. The van der Waals surface area contributed by atoms with Crippen LogP contribution in [0.4, 0.5) is 11.6 Å². The molecular weight excluding hydrogens is 400 g/mol. The number of carbonyl (C=O) groups is 1. The van der Waals surface area contributed by atoms with E-state index in [0.29, 0.717) is 28.5 Å². The number of aromatic hydroxyl groups is 1. The van der Waals surface area contributed by atoms with Crippen molar-refractivity contribution in [2.24, 2.45) is 0 Å². The first-order valence-electron chi connectivity index (χ1n) is 9.31.